The van der Waals surface area contributed by atoms with Gasteiger partial charge in [-0.1, -0.05) is 0 Å². The van der Waals surface area contributed by atoms with Crippen LogP contribution in [0.3, 0.4) is 0 Å². The summed E-state index contributed by atoms with van der Waals surface area (Å²) in [5.41, 5.74) is -1.04. The molecule has 0 aromatic heterocycles. The maximum Gasteiger partial charge on any atom is 0.416 e. The summed E-state index contributed by atoms with van der Waals surface area (Å²) in [5.74, 6) is 0. The van der Waals surface area contributed by atoms with Crippen molar-refractivity contribution < 1.29 is 21.6 Å². The Bertz CT molecular complexity index is 715. The molecule has 1 aromatic rings. The lowest BCUT2D eigenvalue weighted by Gasteiger charge is -2.15. The van der Waals surface area contributed by atoms with Crippen LogP contribution in [0.4, 0.5) is 13.2 Å². The highest BCUT2D eigenvalue weighted by molar-refractivity contribution is 9.10. The Morgan fingerprint density at radius 1 is 1.41 bits per heavy atom. The van der Waals surface area contributed by atoms with Gasteiger partial charge in [0.2, 0.25) is 10.0 Å². The van der Waals surface area contributed by atoms with Gasteiger partial charge >= 0.3 is 6.18 Å². The van der Waals surface area contributed by atoms with Crippen LogP contribution in [0.1, 0.15) is 12.0 Å². The lowest BCUT2D eigenvalue weighted by atomic mass is 10.2. The van der Waals surface area contributed by atoms with Crippen LogP contribution in [0.5, 0.6) is 0 Å². The Hall–Kier alpha value is -1.31. The quantitative estimate of drug-likeness (QED) is 0.794. The molecule has 1 unspecified atom stereocenters. The molecule has 1 atom stereocenters. The van der Waals surface area contributed by atoms with E-state index in [1.54, 1.807) is 0 Å². The van der Waals surface area contributed by atoms with Crippen LogP contribution in [0.2, 0.25) is 0 Å². The van der Waals surface area contributed by atoms with E-state index in [0.717, 1.165) is 12.1 Å². The van der Waals surface area contributed by atoms with Crippen LogP contribution < -0.4 is 4.72 Å². The Balaban J connectivity index is 2.28. The maximum atomic E-state index is 12.7. The number of rotatable bonds is 3. The molecule has 0 aliphatic carbocycles. The van der Waals surface area contributed by atoms with Gasteiger partial charge in [-0.05, 0) is 40.5 Å². The van der Waals surface area contributed by atoms with Crippen molar-refractivity contribution in [2.24, 2.45) is 0 Å². The Labute approximate surface area is 133 Å². The number of benzene rings is 1. The van der Waals surface area contributed by atoms with Gasteiger partial charge in [-0.3, -0.25) is 0 Å². The fourth-order valence-corrected chi connectivity index (χ4v) is 4.37. The highest BCUT2D eigenvalue weighted by atomic mass is 79.9. The van der Waals surface area contributed by atoms with Crippen molar-refractivity contribution >= 4 is 26.0 Å². The Kier molecular flexibility index (Phi) is 4.70. The zero-order valence-corrected chi connectivity index (χ0v) is 13.5. The molecule has 120 valence electrons. The molecule has 1 aromatic carbocycles. The lowest BCUT2D eigenvalue weighted by molar-refractivity contribution is -0.137. The molecule has 1 aliphatic heterocycles. The van der Waals surface area contributed by atoms with Gasteiger partial charge < -0.3 is 4.90 Å². The number of alkyl halides is 3. The first kappa shape index (κ1) is 17.1. The maximum absolute atomic E-state index is 12.7. The predicted molar refractivity (Wildman–Crippen MR) is 75.1 cm³/mol. The van der Waals surface area contributed by atoms with E-state index >= 15 is 0 Å². The molecule has 0 bridgehead atoms. The summed E-state index contributed by atoms with van der Waals surface area (Å²) in [5, 5.41) is 8.74. The number of nitriles is 1. The number of halogens is 4. The van der Waals surface area contributed by atoms with Crippen molar-refractivity contribution in [3.63, 3.8) is 0 Å². The largest absolute Gasteiger partial charge is 0.416 e. The second-order valence-corrected chi connectivity index (χ2v) is 7.33. The van der Waals surface area contributed by atoms with Crippen LogP contribution in [0, 0.1) is 11.5 Å². The van der Waals surface area contributed by atoms with Gasteiger partial charge in [0.05, 0.1) is 10.5 Å². The summed E-state index contributed by atoms with van der Waals surface area (Å²) in [4.78, 5) is 0.909. The van der Waals surface area contributed by atoms with Gasteiger partial charge in [0.1, 0.15) is 0 Å². The van der Waals surface area contributed by atoms with E-state index in [0.29, 0.717) is 19.0 Å². The number of hydrogen-bond donors (Lipinski definition) is 1. The van der Waals surface area contributed by atoms with Crippen LogP contribution in [0.25, 0.3) is 0 Å². The molecule has 1 N–H and O–H groups in total. The summed E-state index contributed by atoms with van der Waals surface area (Å²) >= 11 is 2.96. The van der Waals surface area contributed by atoms with Gasteiger partial charge in [-0.2, -0.15) is 18.4 Å². The van der Waals surface area contributed by atoms with E-state index in [9.17, 15) is 21.6 Å². The molecule has 0 saturated carbocycles. The van der Waals surface area contributed by atoms with Crippen LogP contribution >= 0.6 is 15.9 Å². The SMILES string of the molecule is N#CN1CCC(NS(=O)(=O)c2cc(C(F)(F)F)ccc2Br)C1. The highest BCUT2D eigenvalue weighted by Crippen LogP contribution is 2.33. The molecular weight excluding hydrogens is 387 g/mol. The molecule has 5 nitrogen and oxygen atoms in total. The van der Waals surface area contributed by atoms with Crippen LogP contribution in [0.15, 0.2) is 27.6 Å². The van der Waals surface area contributed by atoms with E-state index in [1.807, 2.05) is 6.19 Å². The number of hydrogen-bond acceptors (Lipinski definition) is 4. The third-order valence-electron chi connectivity index (χ3n) is 3.20. The minimum atomic E-state index is -4.63. The second-order valence-electron chi connectivity index (χ2n) is 4.80. The fourth-order valence-electron chi connectivity index (χ4n) is 2.12. The molecule has 0 amide bonds. The number of nitrogens with zero attached hydrogens (tertiary/aromatic N) is 2. The van der Waals surface area contributed by atoms with Crippen LogP contribution in [-0.2, 0) is 16.2 Å². The third-order valence-corrected chi connectivity index (χ3v) is 5.71. The van der Waals surface area contributed by atoms with E-state index in [2.05, 4.69) is 20.7 Å². The van der Waals surface area contributed by atoms with E-state index in [4.69, 9.17) is 5.26 Å². The number of likely N-dealkylation sites (tertiary alicyclic amines) is 1. The van der Waals surface area contributed by atoms with Crippen LogP contribution in [-0.4, -0.2) is 32.4 Å². The topological polar surface area (TPSA) is 73.2 Å². The first-order chi connectivity index (χ1) is 10.1. The summed E-state index contributed by atoms with van der Waals surface area (Å²) in [6.45, 7) is 0.611. The molecule has 10 heteroatoms. The lowest BCUT2D eigenvalue weighted by Crippen LogP contribution is -2.36. The van der Waals surface area contributed by atoms with Gasteiger partial charge in [-0.25, -0.2) is 13.1 Å². The summed E-state index contributed by atoms with van der Waals surface area (Å²) in [6.07, 6.45) is -2.31. The van der Waals surface area contributed by atoms with Crippen molar-refractivity contribution in [3.05, 3.63) is 28.2 Å². The minimum absolute atomic E-state index is 0.0446. The van der Waals surface area contributed by atoms with Crippen molar-refractivity contribution in [3.8, 4) is 6.19 Å². The van der Waals surface area contributed by atoms with Crippen molar-refractivity contribution in [2.45, 2.75) is 23.5 Å². The van der Waals surface area contributed by atoms with Crippen molar-refractivity contribution in [1.82, 2.24) is 9.62 Å². The predicted octanol–water partition coefficient (Wildman–Crippen LogP) is 2.30. The van der Waals surface area contributed by atoms with Gasteiger partial charge in [0.15, 0.2) is 6.19 Å². The first-order valence-electron chi connectivity index (χ1n) is 6.17. The summed E-state index contributed by atoms with van der Waals surface area (Å²) in [7, 11) is -4.12. The van der Waals surface area contributed by atoms with Gasteiger partial charge in [-0.15, -0.1) is 0 Å². The Morgan fingerprint density at radius 3 is 2.64 bits per heavy atom. The number of sulfonamides is 1. The zero-order chi connectivity index (χ0) is 16.5. The molecule has 1 fully saturated rings. The Morgan fingerprint density at radius 2 is 2.09 bits per heavy atom. The average molecular weight is 398 g/mol. The van der Waals surface area contributed by atoms with E-state index in [1.165, 1.54) is 4.90 Å². The van der Waals surface area contributed by atoms with E-state index in [-0.39, 0.29) is 11.0 Å². The third kappa shape index (κ3) is 3.71. The van der Waals surface area contributed by atoms with E-state index < -0.39 is 32.7 Å². The number of nitrogens with one attached hydrogen (secondary N) is 1. The zero-order valence-electron chi connectivity index (χ0n) is 11.1. The standard InChI is InChI=1S/C12H11BrF3N3O2S/c13-10-2-1-8(12(14,15)16)5-11(10)22(20,21)18-9-3-4-19(6-9)7-17/h1-2,5,9,18H,3-4,6H2. The molecule has 22 heavy (non-hydrogen) atoms. The highest BCUT2D eigenvalue weighted by Gasteiger charge is 2.34. The second kappa shape index (κ2) is 6.06. The average Bonchev–Trinajstić information content (AvgIpc) is 2.84. The molecule has 1 heterocycles. The normalized spacial score (nSPS) is 19.2. The monoisotopic (exact) mass is 397 g/mol. The van der Waals surface area contributed by atoms with Crippen molar-refractivity contribution in [2.75, 3.05) is 13.1 Å². The van der Waals surface area contributed by atoms with Crippen molar-refractivity contribution in [1.29, 1.82) is 5.26 Å². The molecule has 1 aliphatic rings. The molecule has 0 spiro atoms. The van der Waals surface area contributed by atoms with Gasteiger partial charge in [0, 0.05) is 23.6 Å². The fraction of sp³-hybridized carbons (Fsp3) is 0.417. The minimum Gasteiger partial charge on any atom is -0.309 e. The molecular formula is C12H11BrF3N3O2S. The summed E-state index contributed by atoms with van der Waals surface area (Å²) < 4.78 is 65.1. The molecule has 2 rings (SSSR count). The van der Waals surface area contributed by atoms with Gasteiger partial charge in [0.25, 0.3) is 0 Å². The first-order valence-corrected chi connectivity index (χ1v) is 8.45. The molecule has 0 radical (unpaired) electrons. The smallest absolute Gasteiger partial charge is 0.309 e. The summed E-state index contributed by atoms with van der Waals surface area (Å²) in [6, 6.07) is 1.93. The molecule has 1 saturated heterocycles.